The van der Waals surface area contributed by atoms with Gasteiger partial charge in [-0.2, -0.15) is 0 Å². The van der Waals surface area contributed by atoms with Gasteiger partial charge in [0, 0.05) is 42.9 Å². The third kappa shape index (κ3) is 4.46. The molecule has 2 aromatic rings. The van der Waals surface area contributed by atoms with E-state index >= 15 is 0 Å². The van der Waals surface area contributed by atoms with Crippen LogP contribution in [0.1, 0.15) is 27.2 Å². The van der Waals surface area contributed by atoms with Crippen LogP contribution < -0.4 is 10.6 Å². The van der Waals surface area contributed by atoms with Crippen LogP contribution in [-0.4, -0.2) is 52.5 Å². The number of nitrogens with zero attached hydrogens (tertiary/aromatic N) is 2. The standard InChI is InChI=1S/C18H22N4O3S/c1-12-10-20-18(26-12)21-16(24)14-4-2-3-13(9-14)11-22-7-6-19-17(25)15(22)5-8-23/h2-4,9-10,15,23H,5-8,11H2,1H3,(H,19,25)(H,20,21,24). The number of anilines is 1. The maximum atomic E-state index is 12.4. The van der Waals surface area contributed by atoms with Gasteiger partial charge in [-0.1, -0.05) is 12.1 Å². The topological polar surface area (TPSA) is 94.6 Å². The van der Waals surface area contributed by atoms with Gasteiger partial charge in [-0.3, -0.25) is 19.8 Å². The highest BCUT2D eigenvalue weighted by molar-refractivity contribution is 7.15. The molecule has 7 nitrogen and oxygen atoms in total. The Morgan fingerprint density at radius 2 is 2.35 bits per heavy atom. The Kier molecular flexibility index (Phi) is 5.97. The van der Waals surface area contributed by atoms with Crippen molar-refractivity contribution in [3.8, 4) is 0 Å². The highest BCUT2D eigenvalue weighted by Crippen LogP contribution is 2.19. The van der Waals surface area contributed by atoms with Crippen molar-refractivity contribution in [1.82, 2.24) is 15.2 Å². The molecule has 1 fully saturated rings. The van der Waals surface area contributed by atoms with Gasteiger partial charge in [0.1, 0.15) is 0 Å². The summed E-state index contributed by atoms with van der Waals surface area (Å²) in [6.07, 6.45) is 2.12. The third-order valence-corrected chi connectivity index (χ3v) is 5.09. The van der Waals surface area contributed by atoms with Crippen molar-refractivity contribution in [3.63, 3.8) is 0 Å². The van der Waals surface area contributed by atoms with E-state index in [1.54, 1.807) is 12.3 Å². The molecule has 0 aliphatic carbocycles. The Morgan fingerprint density at radius 3 is 3.08 bits per heavy atom. The normalized spacial score (nSPS) is 17.8. The van der Waals surface area contributed by atoms with Gasteiger partial charge in [-0.15, -0.1) is 11.3 Å². The molecule has 0 radical (unpaired) electrons. The van der Waals surface area contributed by atoms with Gasteiger partial charge in [0.05, 0.1) is 6.04 Å². The molecule has 8 heteroatoms. The second-order valence-electron chi connectivity index (χ2n) is 6.22. The molecule has 0 spiro atoms. The van der Waals surface area contributed by atoms with Crippen molar-refractivity contribution in [3.05, 3.63) is 46.5 Å². The number of hydrogen-bond acceptors (Lipinski definition) is 6. The minimum atomic E-state index is -0.343. The zero-order chi connectivity index (χ0) is 18.5. The van der Waals surface area contributed by atoms with E-state index in [1.807, 2.05) is 30.0 Å². The number of aliphatic hydroxyl groups is 1. The molecule has 2 heterocycles. The number of piperazine rings is 1. The summed E-state index contributed by atoms with van der Waals surface area (Å²) in [7, 11) is 0. The Balaban J connectivity index is 1.70. The lowest BCUT2D eigenvalue weighted by Gasteiger charge is -2.34. The second kappa shape index (κ2) is 8.39. The fourth-order valence-corrected chi connectivity index (χ4v) is 3.67. The second-order valence-corrected chi connectivity index (χ2v) is 7.45. The predicted molar refractivity (Wildman–Crippen MR) is 100 cm³/mol. The van der Waals surface area contributed by atoms with E-state index in [0.717, 1.165) is 10.4 Å². The van der Waals surface area contributed by atoms with Gasteiger partial charge in [0.15, 0.2) is 5.13 Å². The number of aryl methyl sites for hydroxylation is 1. The molecular weight excluding hydrogens is 352 g/mol. The molecule has 138 valence electrons. The van der Waals surface area contributed by atoms with E-state index in [1.165, 1.54) is 11.3 Å². The third-order valence-electron chi connectivity index (χ3n) is 4.26. The molecule has 1 aromatic carbocycles. The number of aliphatic hydroxyl groups excluding tert-OH is 1. The number of benzene rings is 1. The number of carbonyl (C=O) groups excluding carboxylic acids is 2. The van der Waals surface area contributed by atoms with Crippen LogP contribution in [0.5, 0.6) is 0 Å². The van der Waals surface area contributed by atoms with Gasteiger partial charge < -0.3 is 10.4 Å². The summed E-state index contributed by atoms with van der Waals surface area (Å²) in [6.45, 7) is 3.75. The summed E-state index contributed by atoms with van der Waals surface area (Å²) in [5.41, 5.74) is 1.50. The van der Waals surface area contributed by atoms with E-state index in [2.05, 4.69) is 15.6 Å². The fourth-order valence-electron chi connectivity index (χ4n) is 3.01. The molecule has 1 aliphatic rings. The Morgan fingerprint density at radius 1 is 1.50 bits per heavy atom. The smallest absolute Gasteiger partial charge is 0.257 e. The van der Waals surface area contributed by atoms with Crippen LogP contribution in [0.4, 0.5) is 5.13 Å². The quantitative estimate of drug-likeness (QED) is 0.710. The van der Waals surface area contributed by atoms with Crippen molar-refractivity contribution < 1.29 is 14.7 Å². The number of hydrogen-bond donors (Lipinski definition) is 3. The summed E-state index contributed by atoms with van der Waals surface area (Å²) in [6, 6.07) is 7.02. The molecule has 0 saturated carbocycles. The minimum Gasteiger partial charge on any atom is -0.396 e. The first-order valence-electron chi connectivity index (χ1n) is 8.52. The molecule has 0 bridgehead atoms. The largest absolute Gasteiger partial charge is 0.396 e. The van der Waals surface area contributed by atoms with Gasteiger partial charge in [-0.25, -0.2) is 4.98 Å². The summed E-state index contributed by atoms with van der Waals surface area (Å²) < 4.78 is 0. The minimum absolute atomic E-state index is 0.0374. The molecule has 2 amide bonds. The molecular formula is C18H22N4O3S. The predicted octanol–water partition coefficient (Wildman–Crippen LogP) is 1.39. The first kappa shape index (κ1) is 18.5. The van der Waals surface area contributed by atoms with Crippen LogP contribution in [-0.2, 0) is 11.3 Å². The molecule has 26 heavy (non-hydrogen) atoms. The highest BCUT2D eigenvalue weighted by atomic mass is 32.1. The zero-order valence-corrected chi connectivity index (χ0v) is 15.4. The molecule has 1 aromatic heterocycles. The van der Waals surface area contributed by atoms with Crippen LogP contribution in [0.15, 0.2) is 30.5 Å². The molecule has 3 N–H and O–H groups in total. The zero-order valence-electron chi connectivity index (χ0n) is 14.6. The van der Waals surface area contributed by atoms with E-state index in [4.69, 9.17) is 0 Å². The van der Waals surface area contributed by atoms with Crippen LogP contribution in [0.2, 0.25) is 0 Å². The number of carbonyl (C=O) groups is 2. The Bertz CT molecular complexity index is 792. The average molecular weight is 374 g/mol. The van der Waals surface area contributed by atoms with Crippen molar-refractivity contribution in [2.45, 2.75) is 25.9 Å². The van der Waals surface area contributed by atoms with Gasteiger partial charge in [0.25, 0.3) is 5.91 Å². The summed E-state index contributed by atoms with van der Waals surface area (Å²) in [5, 5.41) is 15.4. The van der Waals surface area contributed by atoms with Crippen LogP contribution >= 0.6 is 11.3 Å². The molecule has 3 rings (SSSR count). The number of amides is 2. The van der Waals surface area contributed by atoms with E-state index < -0.39 is 0 Å². The number of nitrogens with one attached hydrogen (secondary N) is 2. The van der Waals surface area contributed by atoms with E-state index in [9.17, 15) is 14.7 Å². The van der Waals surface area contributed by atoms with E-state index in [0.29, 0.717) is 36.8 Å². The van der Waals surface area contributed by atoms with Crippen molar-refractivity contribution >= 4 is 28.3 Å². The highest BCUT2D eigenvalue weighted by Gasteiger charge is 2.29. The molecule has 1 aliphatic heterocycles. The number of aromatic nitrogens is 1. The van der Waals surface area contributed by atoms with Gasteiger partial charge >= 0.3 is 0 Å². The summed E-state index contributed by atoms with van der Waals surface area (Å²) in [5.74, 6) is -0.261. The summed E-state index contributed by atoms with van der Waals surface area (Å²) in [4.78, 5) is 31.7. The maximum Gasteiger partial charge on any atom is 0.257 e. The number of thiazole rings is 1. The van der Waals surface area contributed by atoms with Crippen LogP contribution in [0.3, 0.4) is 0 Å². The van der Waals surface area contributed by atoms with Crippen molar-refractivity contribution in [2.75, 3.05) is 25.0 Å². The summed E-state index contributed by atoms with van der Waals surface area (Å²) >= 11 is 1.43. The average Bonchev–Trinajstić information content (AvgIpc) is 3.03. The van der Waals surface area contributed by atoms with E-state index in [-0.39, 0.29) is 24.5 Å². The van der Waals surface area contributed by atoms with Crippen LogP contribution in [0, 0.1) is 6.92 Å². The molecule has 1 saturated heterocycles. The Labute approximate surface area is 156 Å². The lowest BCUT2D eigenvalue weighted by Crippen LogP contribution is -2.55. The molecule has 1 unspecified atom stereocenters. The Hall–Kier alpha value is -2.29. The SMILES string of the molecule is Cc1cnc(NC(=O)c2cccc(CN3CCNC(=O)C3CCO)c2)s1. The number of rotatable bonds is 6. The van der Waals surface area contributed by atoms with Crippen LogP contribution in [0.25, 0.3) is 0 Å². The first-order chi connectivity index (χ1) is 12.6. The van der Waals surface area contributed by atoms with Gasteiger partial charge in [0.2, 0.25) is 5.91 Å². The lowest BCUT2D eigenvalue weighted by atomic mass is 10.1. The molecule has 1 atom stereocenters. The monoisotopic (exact) mass is 374 g/mol. The van der Waals surface area contributed by atoms with Crippen molar-refractivity contribution in [1.29, 1.82) is 0 Å². The first-order valence-corrected chi connectivity index (χ1v) is 9.34. The maximum absolute atomic E-state index is 12.4. The lowest BCUT2D eigenvalue weighted by molar-refractivity contribution is -0.129. The van der Waals surface area contributed by atoms with Gasteiger partial charge in [-0.05, 0) is 31.0 Å². The fraction of sp³-hybridized carbons (Fsp3) is 0.389. The van der Waals surface area contributed by atoms with Crippen molar-refractivity contribution in [2.24, 2.45) is 0 Å².